The molecule has 88 valence electrons. The number of rotatable bonds is 2. The maximum absolute atomic E-state index is 12.0. The highest BCUT2D eigenvalue weighted by Crippen LogP contribution is 2.20. The number of hydrogen-bond donors (Lipinski definition) is 1. The van der Waals surface area contributed by atoms with E-state index in [9.17, 15) is 4.79 Å². The van der Waals surface area contributed by atoms with Gasteiger partial charge in [0.1, 0.15) is 5.76 Å². The summed E-state index contributed by atoms with van der Waals surface area (Å²) in [5, 5.41) is 3.10. The Labute approximate surface area is 96.2 Å². The Hall–Kier alpha value is -1.25. The minimum atomic E-state index is 0.0238. The van der Waals surface area contributed by atoms with Crippen LogP contribution in [0, 0.1) is 13.8 Å². The molecular formula is C13H19NO2. The van der Waals surface area contributed by atoms with Gasteiger partial charge in [0, 0.05) is 11.6 Å². The molecule has 0 spiro atoms. The summed E-state index contributed by atoms with van der Waals surface area (Å²) < 4.78 is 5.24. The molecule has 1 aromatic rings. The van der Waals surface area contributed by atoms with Crippen LogP contribution in [0.15, 0.2) is 10.7 Å². The summed E-state index contributed by atoms with van der Waals surface area (Å²) in [6, 6.07) is 0.356. The monoisotopic (exact) mass is 221 g/mol. The molecule has 0 radical (unpaired) electrons. The van der Waals surface area contributed by atoms with Gasteiger partial charge in [-0.15, -0.1) is 0 Å². The minimum absolute atomic E-state index is 0.0238. The molecule has 0 bridgehead atoms. The summed E-state index contributed by atoms with van der Waals surface area (Å²) in [5.41, 5.74) is 1.64. The molecule has 1 aromatic heterocycles. The molecular weight excluding hydrogens is 202 g/mol. The molecule has 1 fully saturated rings. The predicted molar refractivity (Wildman–Crippen MR) is 62.5 cm³/mol. The quantitative estimate of drug-likeness (QED) is 0.834. The van der Waals surface area contributed by atoms with Crippen molar-refractivity contribution in [1.82, 2.24) is 5.32 Å². The summed E-state index contributed by atoms with van der Waals surface area (Å²) in [6.07, 6.45) is 7.63. The van der Waals surface area contributed by atoms with Crippen LogP contribution in [0.25, 0.3) is 0 Å². The van der Waals surface area contributed by atoms with Crippen LogP contribution >= 0.6 is 0 Å². The van der Waals surface area contributed by atoms with Gasteiger partial charge in [-0.2, -0.15) is 0 Å². The third kappa shape index (κ3) is 2.29. The van der Waals surface area contributed by atoms with Crippen molar-refractivity contribution >= 4 is 5.91 Å². The Morgan fingerprint density at radius 2 is 2.00 bits per heavy atom. The van der Waals surface area contributed by atoms with E-state index < -0.39 is 0 Å². The van der Waals surface area contributed by atoms with E-state index in [0.29, 0.717) is 17.4 Å². The van der Waals surface area contributed by atoms with Crippen molar-refractivity contribution in [2.24, 2.45) is 0 Å². The third-order valence-corrected chi connectivity index (χ3v) is 3.33. The average Bonchev–Trinajstić information content (AvgIpc) is 2.60. The topological polar surface area (TPSA) is 42.2 Å². The molecule has 1 amide bonds. The normalized spacial score (nSPS) is 17.4. The molecule has 1 saturated carbocycles. The lowest BCUT2D eigenvalue weighted by atomic mass is 9.95. The maximum Gasteiger partial charge on any atom is 0.255 e. The van der Waals surface area contributed by atoms with Crippen LogP contribution in [-0.2, 0) is 0 Å². The zero-order valence-electron chi connectivity index (χ0n) is 10.0. The van der Waals surface area contributed by atoms with E-state index in [2.05, 4.69) is 5.32 Å². The lowest BCUT2D eigenvalue weighted by molar-refractivity contribution is 0.0925. The molecule has 1 N–H and O–H groups in total. The van der Waals surface area contributed by atoms with E-state index in [1.807, 2.05) is 13.8 Å². The Morgan fingerprint density at radius 1 is 1.31 bits per heavy atom. The minimum Gasteiger partial charge on any atom is -0.469 e. The lowest BCUT2D eigenvalue weighted by Crippen LogP contribution is -2.36. The standard InChI is InChI=1S/C13H19NO2/c1-9-8-16-10(2)12(9)13(15)14-11-6-4-3-5-7-11/h8,11H,3-7H2,1-2H3,(H,14,15). The van der Waals surface area contributed by atoms with Crippen LogP contribution in [0.1, 0.15) is 53.8 Å². The van der Waals surface area contributed by atoms with E-state index in [4.69, 9.17) is 4.42 Å². The fraction of sp³-hybridized carbons (Fsp3) is 0.615. The van der Waals surface area contributed by atoms with Gasteiger partial charge in [-0.1, -0.05) is 19.3 Å². The summed E-state index contributed by atoms with van der Waals surface area (Å²) in [7, 11) is 0. The highest BCUT2D eigenvalue weighted by atomic mass is 16.3. The third-order valence-electron chi connectivity index (χ3n) is 3.33. The highest BCUT2D eigenvalue weighted by Gasteiger charge is 2.20. The van der Waals surface area contributed by atoms with Gasteiger partial charge in [0.15, 0.2) is 0 Å². The van der Waals surface area contributed by atoms with Crippen molar-refractivity contribution in [2.45, 2.75) is 52.0 Å². The highest BCUT2D eigenvalue weighted by molar-refractivity contribution is 5.96. The number of hydrogen-bond acceptors (Lipinski definition) is 2. The van der Waals surface area contributed by atoms with Gasteiger partial charge < -0.3 is 9.73 Å². The van der Waals surface area contributed by atoms with E-state index >= 15 is 0 Å². The molecule has 1 aliphatic carbocycles. The zero-order chi connectivity index (χ0) is 11.5. The summed E-state index contributed by atoms with van der Waals surface area (Å²) in [6.45, 7) is 3.75. The summed E-state index contributed by atoms with van der Waals surface area (Å²) in [5.74, 6) is 0.737. The molecule has 3 nitrogen and oxygen atoms in total. The lowest BCUT2D eigenvalue weighted by Gasteiger charge is -2.22. The van der Waals surface area contributed by atoms with Gasteiger partial charge in [-0.25, -0.2) is 0 Å². The Morgan fingerprint density at radius 3 is 2.56 bits per heavy atom. The molecule has 1 aliphatic rings. The van der Waals surface area contributed by atoms with Crippen molar-refractivity contribution in [2.75, 3.05) is 0 Å². The second kappa shape index (κ2) is 4.73. The van der Waals surface area contributed by atoms with Gasteiger partial charge in [0.2, 0.25) is 0 Å². The molecule has 2 rings (SSSR count). The Balaban J connectivity index is 2.02. The summed E-state index contributed by atoms with van der Waals surface area (Å²) >= 11 is 0. The molecule has 16 heavy (non-hydrogen) atoms. The van der Waals surface area contributed by atoms with Gasteiger partial charge >= 0.3 is 0 Å². The van der Waals surface area contributed by atoms with Crippen LogP contribution < -0.4 is 5.32 Å². The van der Waals surface area contributed by atoms with E-state index in [1.165, 1.54) is 19.3 Å². The molecule has 1 heterocycles. The number of carbonyl (C=O) groups excluding carboxylic acids is 1. The number of nitrogens with one attached hydrogen (secondary N) is 1. The van der Waals surface area contributed by atoms with Gasteiger partial charge in [0.25, 0.3) is 5.91 Å². The zero-order valence-corrected chi connectivity index (χ0v) is 10.0. The summed E-state index contributed by atoms with van der Waals surface area (Å²) in [4.78, 5) is 12.0. The first kappa shape index (κ1) is 11.2. The molecule has 0 unspecified atom stereocenters. The number of amides is 1. The fourth-order valence-corrected chi connectivity index (χ4v) is 2.42. The fourth-order valence-electron chi connectivity index (χ4n) is 2.42. The van der Waals surface area contributed by atoms with Gasteiger partial charge in [0.05, 0.1) is 11.8 Å². The Bertz CT molecular complexity index is 356. The largest absolute Gasteiger partial charge is 0.469 e. The van der Waals surface area contributed by atoms with Crippen LogP contribution in [0.4, 0.5) is 0 Å². The number of aryl methyl sites for hydroxylation is 2. The SMILES string of the molecule is Cc1coc(C)c1C(=O)NC1CCCCC1. The van der Waals surface area contributed by atoms with Gasteiger partial charge in [-0.05, 0) is 26.7 Å². The van der Waals surface area contributed by atoms with Crippen LogP contribution in [-0.4, -0.2) is 11.9 Å². The molecule has 0 aromatic carbocycles. The number of furan rings is 1. The van der Waals surface area contributed by atoms with E-state index in [1.54, 1.807) is 6.26 Å². The van der Waals surface area contributed by atoms with Crippen molar-refractivity contribution in [1.29, 1.82) is 0 Å². The second-order valence-electron chi connectivity index (χ2n) is 4.66. The average molecular weight is 221 g/mol. The van der Waals surface area contributed by atoms with Crippen molar-refractivity contribution < 1.29 is 9.21 Å². The van der Waals surface area contributed by atoms with E-state index in [0.717, 1.165) is 18.4 Å². The van der Waals surface area contributed by atoms with Crippen LogP contribution in [0.3, 0.4) is 0 Å². The first-order valence-corrected chi connectivity index (χ1v) is 6.04. The molecule has 0 atom stereocenters. The smallest absolute Gasteiger partial charge is 0.255 e. The van der Waals surface area contributed by atoms with Crippen molar-refractivity contribution in [3.8, 4) is 0 Å². The second-order valence-corrected chi connectivity index (χ2v) is 4.66. The Kier molecular flexibility index (Phi) is 3.32. The van der Waals surface area contributed by atoms with Gasteiger partial charge in [-0.3, -0.25) is 4.79 Å². The maximum atomic E-state index is 12.0. The number of carbonyl (C=O) groups is 1. The van der Waals surface area contributed by atoms with Crippen LogP contribution in [0.2, 0.25) is 0 Å². The first-order chi connectivity index (χ1) is 7.68. The van der Waals surface area contributed by atoms with Crippen LogP contribution in [0.5, 0.6) is 0 Å². The van der Waals surface area contributed by atoms with Crippen molar-refractivity contribution in [3.63, 3.8) is 0 Å². The molecule has 3 heteroatoms. The first-order valence-electron chi connectivity index (χ1n) is 6.04. The van der Waals surface area contributed by atoms with E-state index in [-0.39, 0.29) is 5.91 Å². The van der Waals surface area contributed by atoms with Crippen molar-refractivity contribution in [3.05, 3.63) is 23.2 Å². The molecule has 0 saturated heterocycles. The predicted octanol–water partition coefficient (Wildman–Crippen LogP) is 2.96. The molecule has 0 aliphatic heterocycles.